The number of methoxy groups -OCH3 is 1. The molecule has 0 aliphatic carbocycles. The second kappa shape index (κ2) is 4.74. The lowest BCUT2D eigenvalue weighted by molar-refractivity contribution is -0.0371. The first-order valence-electron chi connectivity index (χ1n) is 6.00. The van der Waals surface area contributed by atoms with E-state index in [4.69, 9.17) is 21.1 Å². The van der Waals surface area contributed by atoms with Gasteiger partial charge in [0.2, 0.25) is 0 Å². The van der Waals surface area contributed by atoms with Crippen LogP contribution in [0.25, 0.3) is 11.0 Å². The highest BCUT2D eigenvalue weighted by Gasteiger charge is 2.22. The van der Waals surface area contributed by atoms with Crippen molar-refractivity contribution in [3.63, 3.8) is 0 Å². The van der Waals surface area contributed by atoms with E-state index in [1.165, 1.54) is 0 Å². The van der Waals surface area contributed by atoms with Gasteiger partial charge in [-0.25, -0.2) is 9.67 Å². The summed E-state index contributed by atoms with van der Waals surface area (Å²) in [5.74, 6) is 0.488. The number of rotatable bonds is 2. The van der Waals surface area contributed by atoms with Gasteiger partial charge in [-0.1, -0.05) is 11.6 Å². The minimum Gasteiger partial charge on any atom is -0.478 e. The van der Waals surface area contributed by atoms with E-state index in [-0.39, 0.29) is 6.23 Å². The van der Waals surface area contributed by atoms with Crippen LogP contribution in [0.2, 0.25) is 5.15 Å². The molecule has 0 aromatic carbocycles. The van der Waals surface area contributed by atoms with Crippen molar-refractivity contribution in [2.24, 2.45) is 0 Å². The van der Waals surface area contributed by atoms with Gasteiger partial charge < -0.3 is 9.47 Å². The van der Waals surface area contributed by atoms with Crippen molar-refractivity contribution in [1.82, 2.24) is 14.8 Å². The molecule has 2 aromatic heterocycles. The Bertz CT molecular complexity index is 564. The van der Waals surface area contributed by atoms with Crippen LogP contribution in [0, 0.1) is 0 Å². The van der Waals surface area contributed by atoms with Gasteiger partial charge in [0, 0.05) is 6.61 Å². The fraction of sp³-hybridized carbons (Fsp3) is 0.500. The molecule has 0 N–H and O–H groups in total. The number of halogens is 1. The van der Waals surface area contributed by atoms with E-state index >= 15 is 0 Å². The largest absolute Gasteiger partial charge is 0.478 e. The molecule has 1 aliphatic heterocycles. The van der Waals surface area contributed by atoms with E-state index in [1.807, 2.05) is 10.7 Å². The Kier molecular flexibility index (Phi) is 3.09. The van der Waals surface area contributed by atoms with Crippen LogP contribution in [0.15, 0.2) is 12.1 Å². The summed E-state index contributed by atoms with van der Waals surface area (Å²) in [6, 6.07) is 3.66. The Hall–Kier alpha value is -1.33. The highest BCUT2D eigenvalue weighted by molar-refractivity contribution is 6.29. The standard InChI is InChI=1S/C12H14ClN3O2/c1-17-12-11-8(5-6-9(13)14-11)16(15-12)10-4-2-3-7-18-10/h5-6,10H,2-4,7H2,1H3. The zero-order valence-electron chi connectivity index (χ0n) is 10.1. The highest BCUT2D eigenvalue weighted by Crippen LogP contribution is 2.30. The highest BCUT2D eigenvalue weighted by atomic mass is 35.5. The fourth-order valence-corrected chi connectivity index (χ4v) is 2.39. The number of pyridine rings is 1. The van der Waals surface area contributed by atoms with Crippen LogP contribution < -0.4 is 4.74 Å². The number of aromatic nitrogens is 3. The second-order valence-electron chi connectivity index (χ2n) is 4.28. The molecule has 0 radical (unpaired) electrons. The summed E-state index contributed by atoms with van der Waals surface area (Å²) in [4.78, 5) is 4.26. The molecule has 1 fully saturated rings. The second-order valence-corrected chi connectivity index (χ2v) is 4.66. The van der Waals surface area contributed by atoms with Gasteiger partial charge in [-0.3, -0.25) is 0 Å². The maximum atomic E-state index is 5.91. The van der Waals surface area contributed by atoms with Crippen molar-refractivity contribution in [2.45, 2.75) is 25.5 Å². The molecule has 2 aromatic rings. The van der Waals surface area contributed by atoms with Crippen LogP contribution in [0.4, 0.5) is 0 Å². The molecule has 1 unspecified atom stereocenters. The minimum absolute atomic E-state index is 0.0341. The average molecular weight is 268 g/mol. The van der Waals surface area contributed by atoms with Crippen molar-refractivity contribution < 1.29 is 9.47 Å². The summed E-state index contributed by atoms with van der Waals surface area (Å²) in [6.07, 6.45) is 3.18. The van der Waals surface area contributed by atoms with Crippen LogP contribution in [0.5, 0.6) is 5.88 Å². The molecule has 3 heterocycles. The molecule has 0 spiro atoms. The van der Waals surface area contributed by atoms with Gasteiger partial charge in [-0.15, -0.1) is 5.10 Å². The molecule has 96 valence electrons. The molecule has 18 heavy (non-hydrogen) atoms. The lowest BCUT2D eigenvalue weighted by atomic mass is 10.2. The third-order valence-corrected chi connectivity index (χ3v) is 3.32. The van der Waals surface area contributed by atoms with Gasteiger partial charge in [0.05, 0.1) is 12.6 Å². The Morgan fingerprint density at radius 3 is 3.06 bits per heavy atom. The first-order chi connectivity index (χ1) is 8.79. The molecule has 0 saturated carbocycles. The van der Waals surface area contributed by atoms with Crippen molar-refractivity contribution >= 4 is 22.6 Å². The third kappa shape index (κ3) is 1.93. The summed E-state index contributed by atoms with van der Waals surface area (Å²) < 4.78 is 12.8. The SMILES string of the molecule is COc1nn(C2CCCCO2)c2ccc(Cl)nc12. The number of ether oxygens (including phenoxy) is 2. The first kappa shape index (κ1) is 11.7. The van der Waals surface area contributed by atoms with Crippen molar-refractivity contribution in [2.75, 3.05) is 13.7 Å². The van der Waals surface area contributed by atoms with E-state index < -0.39 is 0 Å². The summed E-state index contributed by atoms with van der Waals surface area (Å²) in [5.41, 5.74) is 1.57. The van der Waals surface area contributed by atoms with E-state index in [2.05, 4.69) is 10.1 Å². The zero-order valence-corrected chi connectivity index (χ0v) is 10.9. The quantitative estimate of drug-likeness (QED) is 0.785. The molecule has 1 atom stereocenters. The predicted octanol–water partition coefficient (Wildman–Crippen LogP) is 2.79. The normalized spacial score (nSPS) is 20.2. The number of hydrogen-bond acceptors (Lipinski definition) is 4. The van der Waals surface area contributed by atoms with Crippen molar-refractivity contribution in [3.05, 3.63) is 17.3 Å². The predicted molar refractivity (Wildman–Crippen MR) is 67.9 cm³/mol. The molecular formula is C12H14ClN3O2. The Labute approximate surface area is 110 Å². The maximum Gasteiger partial charge on any atom is 0.259 e. The topological polar surface area (TPSA) is 49.2 Å². The van der Waals surface area contributed by atoms with Gasteiger partial charge in [0.25, 0.3) is 5.88 Å². The van der Waals surface area contributed by atoms with Crippen LogP contribution in [0.1, 0.15) is 25.5 Å². The first-order valence-corrected chi connectivity index (χ1v) is 6.38. The van der Waals surface area contributed by atoms with E-state index in [9.17, 15) is 0 Å². The summed E-state index contributed by atoms with van der Waals surface area (Å²) >= 11 is 5.91. The van der Waals surface area contributed by atoms with Crippen LogP contribution >= 0.6 is 11.6 Å². The molecule has 1 saturated heterocycles. The summed E-state index contributed by atoms with van der Waals surface area (Å²) in [7, 11) is 1.58. The van der Waals surface area contributed by atoms with Gasteiger partial charge in [0.1, 0.15) is 5.15 Å². The molecule has 6 heteroatoms. The smallest absolute Gasteiger partial charge is 0.259 e. The van der Waals surface area contributed by atoms with Gasteiger partial charge >= 0.3 is 0 Å². The lowest BCUT2D eigenvalue weighted by Crippen LogP contribution is -2.19. The van der Waals surface area contributed by atoms with Crippen LogP contribution in [-0.4, -0.2) is 28.5 Å². The average Bonchev–Trinajstić information content (AvgIpc) is 2.77. The van der Waals surface area contributed by atoms with Crippen LogP contribution in [-0.2, 0) is 4.74 Å². The summed E-state index contributed by atoms with van der Waals surface area (Å²) in [5, 5.41) is 4.86. The molecule has 0 amide bonds. The van der Waals surface area contributed by atoms with Gasteiger partial charge in [-0.05, 0) is 31.4 Å². The van der Waals surface area contributed by atoms with Crippen molar-refractivity contribution in [3.8, 4) is 5.88 Å². The molecule has 5 nitrogen and oxygen atoms in total. The zero-order chi connectivity index (χ0) is 12.5. The maximum absolute atomic E-state index is 5.91. The van der Waals surface area contributed by atoms with E-state index in [0.29, 0.717) is 16.5 Å². The number of hydrogen-bond donors (Lipinski definition) is 0. The molecule has 1 aliphatic rings. The van der Waals surface area contributed by atoms with Gasteiger partial charge in [0.15, 0.2) is 11.7 Å². The Morgan fingerprint density at radius 2 is 2.33 bits per heavy atom. The van der Waals surface area contributed by atoms with Crippen LogP contribution in [0.3, 0.4) is 0 Å². The van der Waals surface area contributed by atoms with Crippen molar-refractivity contribution in [1.29, 1.82) is 0 Å². The minimum atomic E-state index is -0.0341. The lowest BCUT2D eigenvalue weighted by Gasteiger charge is -2.23. The van der Waals surface area contributed by atoms with Gasteiger partial charge in [-0.2, -0.15) is 0 Å². The molecule has 0 bridgehead atoms. The number of fused-ring (bicyclic) bond motifs is 1. The fourth-order valence-electron chi connectivity index (χ4n) is 2.24. The summed E-state index contributed by atoms with van der Waals surface area (Å²) in [6.45, 7) is 0.773. The Morgan fingerprint density at radius 1 is 1.44 bits per heavy atom. The third-order valence-electron chi connectivity index (χ3n) is 3.11. The Balaban J connectivity index is 2.11. The van der Waals surface area contributed by atoms with E-state index in [0.717, 1.165) is 31.4 Å². The van der Waals surface area contributed by atoms with E-state index in [1.54, 1.807) is 13.2 Å². The molecular weight excluding hydrogens is 254 g/mol. The number of nitrogens with zero attached hydrogens (tertiary/aromatic N) is 3. The monoisotopic (exact) mass is 267 g/mol. The molecule has 3 rings (SSSR count).